The second-order valence-electron chi connectivity index (χ2n) is 7.69. The van der Waals surface area contributed by atoms with Gasteiger partial charge in [-0.05, 0) is 42.9 Å². The molecule has 1 aromatic carbocycles. The van der Waals surface area contributed by atoms with Crippen molar-refractivity contribution in [3.63, 3.8) is 0 Å². The Hall–Kier alpha value is -3.36. The Morgan fingerprint density at radius 2 is 1.94 bits per heavy atom. The fourth-order valence-electron chi connectivity index (χ4n) is 3.64. The number of benzene rings is 1. The van der Waals surface area contributed by atoms with E-state index in [9.17, 15) is 24.3 Å². The van der Waals surface area contributed by atoms with E-state index in [4.69, 9.17) is 9.15 Å². The molecule has 2 aromatic rings. The Bertz CT molecular complexity index is 1060. The van der Waals surface area contributed by atoms with Crippen LogP contribution in [0.1, 0.15) is 37.8 Å². The number of fused-ring (bicyclic) bond motifs is 3. The molecule has 3 N–H and O–H groups in total. The van der Waals surface area contributed by atoms with Crippen LogP contribution in [0.5, 0.6) is 5.75 Å². The normalized spacial score (nSPS) is 14.5. The standard InChI is InChI=1S/C22H26N2O7/c1-3-12(2)20(21(27)28)24-18(25)10-23-19(26)11-30-13-7-8-15-14-5-4-6-16(14)22(29)31-17(15)9-13/h7-9,12,20H,3-6,10-11H2,1-2H3,(H,23,26)(H,24,25)(H,27,28)/t12-,20-/m1/s1. The summed E-state index contributed by atoms with van der Waals surface area (Å²) in [5, 5.41) is 14.9. The van der Waals surface area contributed by atoms with E-state index in [-0.39, 0.29) is 24.7 Å². The number of carboxylic acid groups (broad SMARTS) is 1. The zero-order valence-corrected chi connectivity index (χ0v) is 17.5. The van der Waals surface area contributed by atoms with E-state index in [1.54, 1.807) is 19.1 Å². The summed E-state index contributed by atoms with van der Waals surface area (Å²) in [4.78, 5) is 47.3. The molecular formula is C22H26N2O7. The smallest absolute Gasteiger partial charge is 0.339 e. The third-order valence-corrected chi connectivity index (χ3v) is 5.56. The largest absolute Gasteiger partial charge is 0.484 e. The fraction of sp³-hybridized carbons (Fsp3) is 0.455. The molecule has 0 saturated carbocycles. The molecule has 0 aliphatic heterocycles. The van der Waals surface area contributed by atoms with Gasteiger partial charge in [-0.3, -0.25) is 9.59 Å². The third kappa shape index (κ3) is 5.22. The molecule has 0 spiro atoms. The molecule has 9 nitrogen and oxygen atoms in total. The summed E-state index contributed by atoms with van der Waals surface area (Å²) >= 11 is 0. The number of carbonyl (C=O) groups excluding carboxylic acids is 2. The lowest BCUT2D eigenvalue weighted by Crippen LogP contribution is -2.48. The molecule has 2 atom stereocenters. The monoisotopic (exact) mass is 430 g/mol. The molecule has 1 aliphatic rings. The first-order chi connectivity index (χ1) is 14.8. The minimum atomic E-state index is -1.12. The lowest BCUT2D eigenvalue weighted by molar-refractivity contribution is -0.143. The number of hydrogen-bond donors (Lipinski definition) is 3. The van der Waals surface area contributed by atoms with E-state index in [1.807, 2.05) is 13.0 Å². The Labute approximate surface area is 178 Å². The highest BCUT2D eigenvalue weighted by molar-refractivity contribution is 5.88. The van der Waals surface area contributed by atoms with Gasteiger partial charge in [0.05, 0.1) is 6.54 Å². The van der Waals surface area contributed by atoms with E-state index in [0.717, 1.165) is 35.8 Å². The number of carboxylic acids is 1. The van der Waals surface area contributed by atoms with Crippen molar-refractivity contribution in [1.29, 1.82) is 0 Å². The van der Waals surface area contributed by atoms with Gasteiger partial charge in [-0.15, -0.1) is 0 Å². The molecule has 2 amide bonds. The third-order valence-electron chi connectivity index (χ3n) is 5.56. The van der Waals surface area contributed by atoms with Crippen molar-refractivity contribution >= 4 is 28.8 Å². The van der Waals surface area contributed by atoms with Crippen molar-refractivity contribution in [1.82, 2.24) is 10.6 Å². The van der Waals surface area contributed by atoms with Gasteiger partial charge < -0.3 is 24.9 Å². The Morgan fingerprint density at radius 3 is 2.65 bits per heavy atom. The Kier molecular flexibility index (Phi) is 6.94. The Morgan fingerprint density at radius 1 is 1.19 bits per heavy atom. The molecule has 1 aromatic heterocycles. The van der Waals surface area contributed by atoms with E-state index in [0.29, 0.717) is 17.8 Å². The first kappa shape index (κ1) is 22.3. The molecule has 1 heterocycles. The number of amides is 2. The van der Waals surface area contributed by atoms with Gasteiger partial charge in [0.25, 0.3) is 5.91 Å². The maximum Gasteiger partial charge on any atom is 0.339 e. The van der Waals surface area contributed by atoms with Crippen LogP contribution in [0.2, 0.25) is 0 Å². The molecule has 0 saturated heterocycles. The second kappa shape index (κ2) is 9.63. The molecule has 0 fully saturated rings. The van der Waals surface area contributed by atoms with Crippen molar-refractivity contribution in [3.8, 4) is 5.75 Å². The van der Waals surface area contributed by atoms with Gasteiger partial charge in [0.15, 0.2) is 6.61 Å². The van der Waals surface area contributed by atoms with Gasteiger partial charge >= 0.3 is 11.6 Å². The summed E-state index contributed by atoms with van der Waals surface area (Å²) in [5.74, 6) is -2.14. The predicted octanol–water partition coefficient (Wildman–Crippen LogP) is 1.39. The topological polar surface area (TPSA) is 135 Å². The lowest BCUT2D eigenvalue weighted by atomic mass is 9.99. The minimum absolute atomic E-state index is 0.241. The highest BCUT2D eigenvalue weighted by Gasteiger charge is 2.25. The number of rotatable bonds is 9. The molecule has 0 bridgehead atoms. The highest BCUT2D eigenvalue weighted by Crippen LogP contribution is 2.29. The van der Waals surface area contributed by atoms with Crippen molar-refractivity contribution in [2.24, 2.45) is 5.92 Å². The summed E-state index contributed by atoms with van der Waals surface area (Å²) < 4.78 is 10.8. The number of hydrogen-bond acceptors (Lipinski definition) is 6. The van der Waals surface area contributed by atoms with E-state index in [2.05, 4.69) is 10.6 Å². The fourth-order valence-corrected chi connectivity index (χ4v) is 3.64. The van der Waals surface area contributed by atoms with Gasteiger partial charge in [-0.1, -0.05) is 20.3 Å². The molecule has 31 heavy (non-hydrogen) atoms. The Balaban J connectivity index is 1.53. The average molecular weight is 430 g/mol. The van der Waals surface area contributed by atoms with Crippen LogP contribution >= 0.6 is 0 Å². The van der Waals surface area contributed by atoms with Gasteiger partial charge in [0, 0.05) is 17.0 Å². The van der Waals surface area contributed by atoms with Gasteiger partial charge in [0.1, 0.15) is 17.4 Å². The van der Waals surface area contributed by atoms with E-state index in [1.165, 1.54) is 0 Å². The van der Waals surface area contributed by atoms with Crippen molar-refractivity contribution in [3.05, 3.63) is 39.7 Å². The summed E-state index contributed by atoms with van der Waals surface area (Å²) in [5.41, 5.74) is 1.82. The number of aryl methyl sites for hydroxylation is 1. The SMILES string of the molecule is CC[C@@H](C)[C@@H](NC(=O)CNC(=O)COc1ccc2c3c(c(=O)oc2c1)CCC3)C(=O)O. The van der Waals surface area contributed by atoms with Crippen LogP contribution in [0.4, 0.5) is 0 Å². The van der Waals surface area contributed by atoms with E-state index < -0.39 is 23.8 Å². The van der Waals surface area contributed by atoms with Crippen LogP contribution in [0.25, 0.3) is 11.0 Å². The van der Waals surface area contributed by atoms with Crippen LogP contribution in [0, 0.1) is 5.92 Å². The molecule has 1 aliphatic carbocycles. The molecule has 0 unspecified atom stereocenters. The van der Waals surface area contributed by atoms with Gasteiger partial charge in [0.2, 0.25) is 5.91 Å². The zero-order valence-electron chi connectivity index (χ0n) is 17.5. The average Bonchev–Trinajstić information content (AvgIpc) is 3.24. The van der Waals surface area contributed by atoms with Crippen LogP contribution in [-0.4, -0.2) is 42.1 Å². The maximum absolute atomic E-state index is 12.1. The summed E-state index contributed by atoms with van der Waals surface area (Å²) in [7, 11) is 0. The number of nitrogens with one attached hydrogen (secondary N) is 2. The second-order valence-corrected chi connectivity index (χ2v) is 7.69. The lowest BCUT2D eigenvalue weighted by Gasteiger charge is -2.20. The molecule has 3 rings (SSSR count). The van der Waals surface area contributed by atoms with Crippen molar-refractivity contribution in [2.75, 3.05) is 13.2 Å². The summed E-state index contributed by atoms with van der Waals surface area (Å²) in [6.45, 7) is 2.85. The molecule has 9 heteroatoms. The first-order valence-corrected chi connectivity index (χ1v) is 10.3. The quantitative estimate of drug-likeness (QED) is 0.512. The van der Waals surface area contributed by atoms with Crippen molar-refractivity contribution < 1.29 is 28.6 Å². The summed E-state index contributed by atoms with van der Waals surface area (Å²) in [6, 6.07) is 4.06. The summed E-state index contributed by atoms with van der Waals surface area (Å²) in [6.07, 6.45) is 3.08. The zero-order chi connectivity index (χ0) is 22.5. The van der Waals surface area contributed by atoms with Crippen LogP contribution < -0.4 is 21.0 Å². The molecule has 166 valence electrons. The molecular weight excluding hydrogens is 404 g/mol. The van der Waals surface area contributed by atoms with E-state index >= 15 is 0 Å². The van der Waals surface area contributed by atoms with Crippen molar-refractivity contribution in [2.45, 2.75) is 45.6 Å². The van der Waals surface area contributed by atoms with Crippen LogP contribution in [-0.2, 0) is 27.2 Å². The number of aliphatic carboxylic acids is 1. The number of ether oxygens (including phenoxy) is 1. The minimum Gasteiger partial charge on any atom is -0.484 e. The van der Waals surface area contributed by atoms with Gasteiger partial charge in [-0.25, -0.2) is 9.59 Å². The van der Waals surface area contributed by atoms with Gasteiger partial charge in [-0.2, -0.15) is 0 Å². The number of carbonyl (C=O) groups is 3. The van der Waals surface area contributed by atoms with Crippen LogP contribution in [0.3, 0.4) is 0 Å². The molecule has 0 radical (unpaired) electrons. The highest BCUT2D eigenvalue weighted by atomic mass is 16.5. The van der Waals surface area contributed by atoms with Crippen LogP contribution in [0.15, 0.2) is 27.4 Å². The predicted molar refractivity (Wildman–Crippen MR) is 112 cm³/mol. The first-order valence-electron chi connectivity index (χ1n) is 10.3. The maximum atomic E-state index is 12.1.